The van der Waals surface area contributed by atoms with Crippen LogP contribution in [0.2, 0.25) is 0 Å². The van der Waals surface area contributed by atoms with E-state index in [1.54, 1.807) is 11.0 Å². The van der Waals surface area contributed by atoms with Crippen molar-refractivity contribution >= 4 is 21.6 Å². The first-order valence-corrected chi connectivity index (χ1v) is 8.88. The van der Waals surface area contributed by atoms with Crippen molar-refractivity contribution in [1.29, 1.82) is 0 Å². The summed E-state index contributed by atoms with van der Waals surface area (Å²) in [5.41, 5.74) is 0.511. The number of sulfonamides is 1. The number of rotatable bonds is 6. The molecule has 1 aromatic rings. The quantitative estimate of drug-likeness (QED) is 0.866. The third-order valence-corrected chi connectivity index (χ3v) is 5.38. The molecule has 1 heterocycles. The van der Waals surface area contributed by atoms with Gasteiger partial charge in [-0.05, 0) is 38.0 Å². The maximum absolute atomic E-state index is 12.4. The lowest BCUT2D eigenvalue weighted by atomic mass is 10.2. The van der Waals surface area contributed by atoms with Crippen molar-refractivity contribution in [3.63, 3.8) is 0 Å². The molecule has 1 aliphatic heterocycles. The Balaban J connectivity index is 2.41. The lowest BCUT2D eigenvalue weighted by Crippen LogP contribution is -2.32. The molecule has 1 aromatic carbocycles. The lowest BCUT2D eigenvalue weighted by molar-refractivity contribution is -0.117. The van der Waals surface area contributed by atoms with E-state index < -0.39 is 10.0 Å². The van der Waals surface area contributed by atoms with Crippen LogP contribution in [0.1, 0.15) is 33.1 Å². The van der Waals surface area contributed by atoms with Gasteiger partial charge in [0.15, 0.2) is 0 Å². The molecule has 1 atom stereocenters. The van der Waals surface area contributed by atoms with Gasteiger partial charge in [0.05, 0.1) is 17.7 Å². The van der Waals surface area contributed by atoms with Gasteiger partial charge in [-0.3, -0.25) is 4.79 Å². The summed E-state index contributed by atoms with van der Waals surface area (Å²) in [6.45, 7) is 4.30. The van der Waals surface area contributed by atoms with Crippen LogP contribution in [-0.2, 0) is 14.8 Å². The predicted molar refractivity (Wildman–Crippen MR) is 84.7 cm³/mol. The molecule has 1 saturated heterocycles. The first kappa shape index (κ1) is 16.8. The molecule has 0 unspecified atom stereocenters. The molecule has 0 saturated carbocycles. The number of carbonyl (C=O) groups excluding carboxylic acids is 1. The average molecular weight is 326 g/mol. The number of amides is 1. The topological polar surface area (TPSA) is 75.7 Å². The van der Waals surface area contributed by atoms with Gasteiger partial charge < -0.3 is 9.64 Å². The van der Waals surface area contributed by atoms with Gasteiger partial charge in [-0.25, -0.2) is 13.1 Å². The normalized spacial score (nSPS) is 16.9. The van der Waals surface area contributed by atoms with Crippen molar-refractivity contribution in [2.45, 2.75) is 44.0 Å². The van der Waals surface area contributed by atoms with Crippen LogP contribution in [0, 0.1) is 0 Å². The first-order valence-electron chi connectivity index (χ1n) is 7.39. The number of carbonyl (C=O) groups is 1. The van der Waals surface area contributed by atoms with Gasteiger partial charge in [0, 0.05) is 19.0 Å². The molecular weight excluding hydrogens is 304 g/mol. The van der Waals surface area contributed by atoms with Crippen molar-refractivity contribution in [3.05, 3.63) is 18.2 Å². The number of methoxy groups -OCH3 is 1. The molecule has 0 aliphatic carbocycles. The molecule has 0 aromatic heterocycles. The summed E-state index contributed by atoms with van der Waals surface area (Å²) >= 11 is 0. The zero-order valence-electron chi connectivity index (χ0n) is 13.1. The minimum absolute atomic E-state index is 0.0114. The largest absolute Gasteiger partial charge is 0.495 e. The van der Waals surface area contributed by atoms with Crippen molar-refractivity contribution in [2.75, 3.05) is 18.6 Å². The van der Waals surface area contributed by atoms with Gasteiger partial charge in [0.2, 0.25) is 15.9 Å². The molecule has 1 fully saturated rings. The van der Waals surface area contributed by atoms with Crippen LogP contribution >= 0.6 is 0 Å². The second-order valence-corrected chi connectivity index (χ2v) is 7.13. The summed E-state index contributed by atoms with van der Waals surface area (Å²) in [6.07, 6.45) is 1.95. The average Bonchev–Trinajstić information content (AvgIpc) is 2.92. The summed E-state index contributed by atoms with van der Waals surface area (Å²) in [4.78, 5) is 13.7. The second-order valence-electron chi connectivity index (χ2n) is 5.41. The van der Waals surface area contributed by atoms with E-state index in [2.05, 4.69) is 4.72 Å². The molecule has 1 N–H and O–H groups in total. The van der Waals surface area contributed by atoms with Gasteiger partial charge in [-0.15, -0.1) is 0 Å². The fourth-order valence-electron chi connectivity index (χ4n) is 2.37. The number of benzene rings is 1. The van der Waals surface area contributed by atoms with Crippen LogP contribution in [0.3, 0.4) is 0 Å². The van der Waals surface area contributed by atoms with Crippen molar-refractivity contribution in [2.24, 2.45) is 0 Å². The Labute approximate surface area is 131 Å². The van der Waals surface area contributed by atoms with Crippen LogP contribution in [0.5, 0.6) is 5.75 Å². The van der Waals surface area contributed by atoms with Gasteiger partial charge in [0.1, 0.15) is 5.75 Å². The Bertz CT molecular complexity index is 658. The maximum atomic E-state index is 12.4. The predicted octanol–water partition coefficient (Wildman–Crippen LogP) is 1.90. The molecule has 122 valence electrons. The van der Waals surface area contributed by atoms with E-state index in [0.717, 1.165) is 6.42 Å². The van der Waals surface area contributed by atoms with E-state index in [1.165, 1.54) is 19.2 Å². The first-order chi connectivity index (χ1) is 10.4. The van der Waals surface area contributed by atoms with Crippen molar-refractivity contribution in [1.82, 2.24) is 4.72 Å². The minimum atomic E-state index is -3.61. The fourth-order valence-corrected chi connectivity index (χ4v) is 3.71. The Kier molecular flexibility index (Phi) is 5.08. The van der Waals surface area contributed by atoms with Crippen LogP contribution < -0.4 is 14.4 Å². The highest BCUT2D eigenvalue weighted by Crippen LogP contribution is 2.33. The van der Waals surface area contributed by atoms with Crippen LogP contribution in [-0.4, -0.2) is 34.0 Å². The van der Waals surface area contributed by atoms with Crippen LogP contribution in [0.4, 0.5) is 5.69 Å². The molecule has 2 rings (SSSR count). The molecule has 7 heteroatoms. The Hall–Kier alpha value is -1.60. The van der Waals surface area contributed by atoms with Crippen molar-refractivity contribution in [3.8, 4) is 5.75 Å². The summed E-state index contributed by atoms with van der Waals surface area (Å²) < 4.78 is 32.7. The van der Waals surface area contributed by atoms with E-state index in [0.29, 0.717) is 30.8 Å². The molecule has 1 aliphatic rings. The number of hydrogen-bond donors (Lipinski definition) is 1. The lowest BCUT2D eigenvalue weighted by Gasteiger charge is -2.20. The fraction of sp³-hybridized carbons (Fsp3) is 0.533. The van der Waals surface area contributed by atoms with Crippen LogP contribution in [0.15, 0.2) is 23.1 Å². The summed E-state index contributed by atoms with van der Waals surface area (Å²) in [5, 5.41) is 0. The number of nitrogens with one attached hydrogen (secondary N) is 1. The summed E-state index contributed by atoms with van der Waals surface area (Å²) in [7, 11) is -2.10. The third kappa shape index (κ3) is 3.41. The van der Waals surface area contributed by atoms with E-state index in [9.17, 15) is 13.2 Å². The zero-order chi connectivity index (χ0) is 16.3. The van der Waals surface area contributed by atoms with Gasteiger partial charge >= 0.3 is 0 Å². The minimum Gasteiger partial charge on any atom is -0.495 e. The standard InChI is InChI=1S/C15H22N2O4S/c1-4-11(2)16-22(19,20)12-7-8-14(21-3)13(10-12)17-9-5-6-15(17)18/h7-8,10-11,16H,4-6,9H2,1-3H3/t11-/m1/s1. The third-order valence-electron chi connectivity index (χ3n) is 3.79. The van der Waals surface area contributed by atoms with Crippen molar-refractivity contribution < 1.29 is 17.9 Å². The van der Waals surface area contributed by atoms with E-state index >= 15 is 0 Å². The van der Waals surface area contributed by atoms with Gasteiger partial charge in [0.25, 0.3) is 0 Å². The number of nitrogens with zero attached hydrogens (tertiary/aromatic N) is 1. The number of hydrogen-bond acceptors (Lipinski definition) is 4. The highest BCUT2D eigenvalue weighted by Gasteiger charge is 2.26. The summed E-state index contributed by atoms with van der Waals surface area (Å²) in [5.74, 6) is 0.487. The zero-order valence-corrected chi connectivity index (χ0v) is 13.9. The summed E-state index contributed by atoms with van der Waals surface area (Å²) in [6, 6.07) is 4.44. The molecule has 0 radical (unpaired) electrons. The molecular formula is C15H22N2O4S. The maximum Gasteiger partial charge on any atom is 0.240 e. The molecule has 1 amide bonds. The molecule has 0 bridgehead atoms. The molecule has 6 nitrogen and oxygen atoms in total. The van der Waals surface area contributed by atoms with E-state index in [4.69, 9.17) is 4.74 Å². The molecule has 0 spiro atoms. The Morgan fingerprint density at radius 2 is 2.14 bits per heavy atom. The highest BCUT2D eigenvalue weighted by molar-refractivity contribution is 7.89. The smallest absolute Gasteiger partial charge is 0.240 e. The highest BCUT2D eigenvalue weighted by atomic mass is 32.2. The van der Waals surface area contributed by atoms with Gasteiger partial charge in [-0.2, -0.15) is 0 Å². The van der Waals surface area contributed by atoms with E-state index in [1.807, 2.05) is 13.8 Å². The Morgan fingerprint density at radius 3 is 2.68 bits per heavy atom. The van der Waals surface area contributed by atoms with Gasteiger partial charge in [-0.1, -0.05) is 6.92 Å². The van der Waals surface area contributed by atoms with Crippen LogP contribution in [0.25, 0.3) is 0 Å². The number of ether oxygens (including phenoxy) is 1. The van der Waals surface area contributed by atoms with E-state index in [-0.39, 0.29) is 16.8 Å². The Morgan fingerprint density at radius 1 is 1.41 bits per heavy atom. The molecule has 22 heavy (non-hydrogen) atoms. The number of anilines is 1. The monoisotopic (exact) mass is 326 g/mol. The SMILES string of the molecule is CC[C@@H](C)NS(=O)(=O)c1ccc(OC)c(N2CCCC2=O)c1. The second kappa shape index (κ2) is 6.66.